The maximum Gasteiger partial charge on any atom is 0.407 e. The molecule has 0 radical (unpaired) electrons. The molecule has 268 valence electrons. The van der Waals surface area contributed by atoms with Gasteiger partial charge in [-0.25, -0.2) is 14.4 Å². The monoisotopic (exact) mass is 676 g/mol. The number of rotatable bonds is 5. The molecule has 0 aromatic carbocycles. The van der Waals surface area contributed by atoms with Crippen molar-refractivity contribution in [2.75, 3.05) is 6.54 Å². The molecule has 0 unspecified atom stereocenters. The lowest BCUT2D eigenvalue weighted by Crippen LogP contribution is -2.65. The minimum Gasteiger partial charge on any atom is -0.444 e. The molecule has 49 heavy (non-hydrogen) atoms. The number of nitrogens with one attached hydrogen (secondary N) is 1. The van der Waals surface area contributed by atoms with Gasteiger partial charge in [0.2, 0.25) is 5.70 Å². The molecule has 5 aliphatic carbocycles. The van der Waals surface area contributed by atoms with Crippen molar-refractivity contribution in [1.82, 2.24) is 5.32 Å². The highest BCUT2D eigenvalue weighted by Crippen LogP contribution is 2.74. The fourth-order valence-corrected chi connectivity index (χ4v) is 10.8. The van der Waals surface area contributed by atoms with Crippen molar-refractivity contribution in [3.8, 4) is 0 Å². The summed E-state index contributed by atoms with van der Waals surface area (Å²) >= 11 is 0. The van der Waals surface area contributed by atoms with E-state index in [2.05, 4.69) is 49.9 Å². The molecule has 10 nitrogen and oxygen atoms in total. The summed E-state index contributed by atoms with van der Waals surface area (Å²) in [6, 6.07) is 0. The van der Waals surface area contributed by atoms with E-state index in [4.69, 9.17) is 21.9 Å². The molecule has 5 aliphatic rings. The number of ether oxygens (including phenoxy) is 1. The lowest BCUT2D eigenvalue weighted by Gasteiger charge is -2.68. The summed E-state index contributed by atoms with van der Waals surface area (Å²) < 4.78 is 5.25. The molecule has 0 aromatic rings. The maximum absolute atomic E-state index is 14.7. The van der Waals surface area contributed by atoms with Gasteiger partial charge in [-0.1, -0.05) is 65.3 Å². The van der Waals surface area contributed by atoms with Crippen LogP contribution in [0.2, 0.25) is 0 Å². The summed E-state index contributed by atoms with van der Waals surface area (Å²) in [6.07, 6.45) is 8.29. The number of amidine groups is 1. The summed E-state index contributed by atoms with van der Waals surface area (Å²) in [5.74, 6) is -1.14. The second kappa shape index (κ2) is 11.8. The number of hydrogen-bond donors (Lipinski definition) is 2. The Kier molecular flexibility index (Phi) is 8.86. The number of ketones is 2. The number of nitrogens with zero attached hydrogens (tertiary/aromatic N) is 2. The van der Waals surface area contributed by atoms with Crippen molar-refractivity contribution >= 4 is 29.5 Å². The summed E-state index contributed by atoms with van der Waals surface area (Å²) in [5.41, 5.74) is 3.55. The van der Waals surface area contributed by atoms with Crippen molar-refractivity contribution in [1.29, 1.82) is 0 Å². The molecule has 0 spiro atoms. The highest BCUT2D eigenvalue weighted by molar-refractivity contribution is 6.03. The van der Waals surface area contributed by atoms with E-state index in [-0.39, 0.29) is 58.7 Å². The van der Waals surface area contributed by atoms with E-state index < -0.39 is 45.2 Å². The minimum atomic E-state index is -0.882. The standard InChI is InChI=1S/C39H56N4O6/c1-33(2,3)48-32(47)42-19-13-28(40)43-49-31(46)39-17-15-34(4,5)21-23(39)29-25(44)20-27-36(8)22-24(41-11)30(45)35(6,7)26(36)12-14-37(27,9)38(29,10)16-18-39/h20,22-23,26,29H,12-19,21H2,1-10H3,(H2,40,43)(H,42,47)/t23-,26-,29-,36-,37+,38+,39-/m0/s1. The number of hydrogen-bond acceptors (Lipinski definition) is 7. The first kappa shape index (κ1) is 36.8. The second-order valence-electron chi connectivity index (χ2n) is 18.5. The van der Waals surface area contributed by atoms with E-state index in [0.29, 0.717) is 25.7 Å². The molecule has 0 heterocycles. The van der Waals surface area contributed by atoms with E-state index >= 15 is 0 Å². The molecular formula is C39H56N4O6. The molecule has 1 amide bonds. The molecule has 0 saturated heterocycles. The Hall–Kier alpha value is -3.48. The van der Waals surface area contributed by atoms with E-state index in [1.54, 1.807) is 20.8 Å². The molecule has 0 aromatic heterocycles. The lowest BCUT2D eigenvalue weighted by atomic mass is 9.34. The van der Waals surface area contributed by atoms with Crippen molar-refractivity contribution in [3.05, 3.63) is 34.8 Å². The Balaban J connectivity index is 1.46. The number of amides is 1. The maximum atomic E-state index is 14.7. The van der Waals surface area contributed by atoms with Crippen LogP contribution in [-0.2, 0) is 24.0 Å². The largest absolute Gasteiger partial charge is 0.444 e. The van der Waals surface area contributed by atoms with Crippen molar-refractivity contribution in [2.45, 2.75) is 126 Å². The predicted octanol–water partition coefficient (Wildman–Crippen LogP) is 7.29. The number of carbonyl (C=O) groups is 4. The van der Waals surface area contributed by atoms with Gasteiger partial charge in [0.25, 0.3) is 0 Å². The molecule has 3 N–H and O–H groups in total. The fraction of sp³-hybridized carbons (Fsp3) is 0.744. The third-order valence-electron chi connectivity index (χ3n) is 13.5. The first-order chi connectivity index (χ1) is 22.5. The number of fused-ring (bicyclic) bond motifs is 7. The van der Waals surface area contributed by atoms with Crippen LogP contribution in [0, 0.1) is 56.8 Å². The van der Waals surface area contributed by atoms with Gasteiger partial charge >= 0.3 is 12.1 Å². The second-order valence-corrected chi connectivity index (χ2v) is 18.5. The van der Waals surface area contributed by atoms with Gasteiger partial charge in [-0.05, 0) is 99.9 Å². The van der Waals surface area contributed by atoms with Gasteiger partial charge in [0.1, 0.15) is 11.4 Å². The van der Waals surface area contributed by atoms with Crippen LogP contribution >= 0.6 is 0 Å². The Bertz CT molecular complexity index is 1590. The minimum absolute atomic E-state index is 0.0279. The zero-order valence-corrected chi connectivity index (χ0v) is 31.2. The molecule has 10 heteroatoms. The molecule has 7 atom stereocenters. The Morgan fingerprint density at radius 1 is 1.04 bits per heavy atom. The number of carbonyl (C=O) groups excluding carboxylic acids is 4. The zero-order chi connectivity index (χ0) is 36.6. The number of Topliss-reactive ketones (excluding diaryl/α,β-unsaturated/α-hetero) is 1. The van der Waals surface area contributed by atoms with Gasteiger partial charge < -0.3 is 25.4 Å². The molecular weight excluding hydrogens is 620 g/mol. The molecule has 3 saturated carbocycles. The summed E-state index contributed by atoms with van der Waals surface area (Å²) in [7, 11) is 0. The normalized spacial score (nSPS) is 37.9. The highest BCUT2D eigenvalue weighted by Gasteiger charge is 2.71. The summed E-state index contributed by atoms with van der Waals surface area (Å²) in [4.78, 5) is 63.5. The molecule has 3 fully saturated rings. The van der Waals surface area contributed by atoms with Gasteiger partial charge in [0.15, 0.2) is 11.6 Å². The zero-order valence-electron chi connectivity index (χ0n) is 31.2. The van der Waals surface area contributed by atoms with Crippen LogP contribution in [-0.4, -0.2) is 41.6 Å². The number of nitrogens with two attached hydrogens (primary N) is 1. The highest BCUT2D eigenvalue weighted by atomic mass is 16.7. The lowest BCUT2D eigenvalue weighted by molar-refractivity contribution is -0.193. The van der Waals surface area contributed by atoms with Crippen LogP contribution in [0.25, 0.3) is 4.85 Å². The number of allylic oxidation sites excluding steroid dienone is 4. The third kappa shape index (κ3) is 5.83. The van der Waals surface area contributed by atoms with E-state index in [9.17, 15) is 19.2 Å². The van der Waals surface area contributed by atoms with Gasteiger partial charge in [-0.2, -0.15) is 0 Å². The first-order valence-corrected chi connectivity index (χ1v) is 17.9. The van der Waals surface area contributed by atoms with Crippen molar-refractivity contribution < 1.29 is 28.8 Å². The fourth-order valence-electron chi connectivity index (χ4n) is 10.8. The van der Waals surface area contributed by atoms with Crippen molar-refractivity contribution in [3.63, 3.8) is 0 Å². The quantitative estimate of drug-likeness (QED) is 0.102. The average molecular weight is 677 g/mol. The topological polar surface area (TPSA) is 142 Å². The van der Waals surface area contributed by atoms with Gasteiger partial charge in [0, 0.05) is 29.7 Å². The smallest absolute Gasteiger partial charge is 0.407 e. The van der Waals surface area contributed by atoms with E-state index in [1.165, 1.54) is 0 Å². The van der Waals surface area contributed by atoms with E-state index in [0.717, 1.165) is 24.8 Å². The van der Waals surface area contributed by atoms with Gasteiger partial charge in [-0.3, -0.25) is 4.79 Å². The molecule has 5 rings (SSSR count). The van der Waals surface area contributed by atoms with Gasteiger partial charge in [0.05, 0.1) is 12.0 Å². The van der Waals surface area contributed by atoms with Crippen LogP contribution in [0.3, 0.4) is 0 Å². The van der Waals surface area contributed by atoms with Crippen LogP contribution in [0.15, 0.2) is 28.6 Å². The van der Waals surface area contributed by atoms with Crippen LogP contribution in [0.4, 0.5) is 4.79 Å². The van der Waals surface area contributed by atoms with E-state index in [1.807, 2.05) is 26.0 Å². The third-order valence-corrected chi connectivity index (χ3v) is 13.5. The van der Waals surface area contributed by atoms with Crippen LogP contribution < -0.4 is 11.1 Å². The number of oxime groups is 1. The molecule has 0 bridgehead atoms. The Morgan fingerprint density at radius 2 is 1.69 bits per heavy atom. The van der Waals surface area contributed by atoms with Crippen LogP contribution in [0.5, 0.6) is 0 Å². The Morgan fingerprint density at radius 3 is 2.33 bits per heavy atom. The average Bonchev–Trinajstić information content (AvgIpc) is 2.98. The summed E-state index contributed by atoms with van der Waals surface area (Å²) in [5, 5.41) is 6.63. The molecule has 0 aliphatic heterocycles. The predicted molar refractivity (Wildman–Crippen MR) is 186 cm³/mol. The Labute approximate surface area is 291 Å². The number of alkyl carbamates (subject to hydrolysis) is 1. The van der Waals surface area contributed by atoms with Crippen LogP contribution in [0.1, 0.15) is 121 Å². The van der Waals surface area contributed by atoms with Crippen molar-refractivity contribution in [2.24, 2.45) is 61.1 Å². The van der Waals surface area contributed by atoms with Gasteiger partial charge in [-0.15, -0.1) is 0 Å². The summed E-state index contributed by atoms with van der Waals surface area (Å²) in [6.45, 7) is 28.3. The SMILES string of the molecule is [C-]#[N+]C1=C[C@]2(C)C3=CC(=O)[C@@H]4[C@@H]5CC(C)(C)CC[C@]5(C(=O)O/N=C(\N)CCNC(=O)OC(C)(C)C)CC[C@@]4(C)[C@]3(C)CC[C@H]2C(C)(C)C1=O. The first-order valence-electron chi connectivity index (χ1n) is 17.9.